The number of halogens is 1. The van der Waals surface area contributed by atoms with Gasteiger partial charge in [-0.05, 0) is 37.3 Å². The van der Waals surface area contributed by atoms with Gasteiger partial charge in [-0.3, -0.25) is 9.59 Å². The normalized spacial score (nSPS) is 10.9. The van der Waals surface area contributed by atoms with Crippen LogP contribution in [0.1, 0.15) is 25.7 Å². The molecule has 0 spiro atoms. The van der Waals surface area contributed by atoms with Gasteiger partial charge in [0.05, 0.1) is 26.8 Å². The molecule has 0 bridgehead atoms. The zero-order chi connectivity index (χ0) is 21.1. The van der Waals surface area contributed by atoms with Crippen molar-refractivity contribution >= 4 is 45.0 Å². The Bertz CT molecular complexity index is 1220. The van der Waals surface area contributed by atoms with E-state index in [2.05, 4.69) is 15.7 Å². The van der Waals surface area contributed by atoms with Gasteiger partial charge in [0.15, 0.2) is 0 Å². The third-order valence-corrected chi connectivity index (χ3v) is 6.02. The monoisotopic (exact) mass is 438 g/mol. The van der Waals surface area contributed by atoms with Crippen molar-refractivity contribution in [1.82, 2.24) is 20.4 Å². The van der Waals surface area contributed by atoms with Gasteiger partial charge in [0, 0.05) is 18.5 Å². The van der Waals surface area contributed by atoms with E-state index in [1.54, 1.807) is 24.3 Å². The lowest BCUT2D eigenvalue weighted by Crippen LogP contribution is -2.34. The second-order valence-electron chi connectivity index (χ2n) is 6.65. The van der Waals surface area contributed by atoms with Crippen LogP contribution in [-0.2, 0) is 0 Å². The second-order valence-corrected chi connectivity index (χ2v) is 8.09. The molecule has 0 unspecified atom stereocenters. The summed E-state index contributed by atoms with van der Waals surface area (Å²) in [5.74, 6) is -0.447. The molecule has 2 heterocycles. The van der Waals surface area contributed by atoms with Crippen LogP contribution in [-0.4, -0.2) is 34.7 Å². The van der Waals surface area contributed by atoms with Crippen LogP contribution >= 0.6 is 22.9 Å². The van der Waals surface area contributed by atoms with Crippen molar-refractivity contribution in [3.8, 4) is 5.69 Å². The number of aromatic nitrogens is 2. The van der Waals surface area contributed by atoms with E-state index in [4.69, 9.17) is 11.6 Å². The minimum absolute atomic E-state index is 0.179. The van der Waals surface area contributed by atoms with Crippen molar-refractivity contribution in [3.63, 3.8) is 0 Å². The van der Waals surface area contributed by atoms with E-state index in [-0.39, 0.29) is 11.8 Å². The smallest absolute Gasteiger partial charge is 0.261 e. The summed E-state index contributed by atoms with van der Waals surface area (Å²) in [6, 6.07) is 18.5. The summed E-state index contributed by atoms with van der Waals surface area (Å²) in [4.78, 5) is 26.3. The van der Waals surface area contributed by atoms with Crippen LogP contribution in [0.2, 0.25) is 5.02 Å². The number of rotatable bonds is 6. The molecule has 0 aliphatic heterocycles. The molecule has 2 N–H and O–H groups in total. The molecule has 6 nitrogen and oxygen atoms in total. The van der Waals surface area contributed by atoms with Crippen molar-refractivity contribution in [2.75, 3.05) is 13.1 Å². The summed E-state index contributed by atoms with van der Waals surface area (Å²) in [5.41, 5.74) is 2.23. The molecular weight excluding hydrogens is 420 g/mol. The molecule has 30 heavy (non-hydrogen) atoms. The SMILES string of the molecule is Cc1nn(-c2ccccc2)c2sc(C(=O)NCCNC(=O)c3ccccc3Cl)cc12. The summed E-state index contributed by atoms with van der Waals surface area (Å²) in [6.07, 6.45) is 0. The molecule has 152 valence electrons. The van der Waals surface area contributed by atoms with Gasteiger partial charge in [0.25, 0.3) is 11.8 Å². The van der Waals surface area contributed by atoms with Crippen molar-refractivity contribution in [2.45, 2.75) is 6.92 Å². The standard InChI is InChI=1S/C22H19ClN4O2S/c1-14-17-13-19(30-22(17)27(26-14)15-7-3-2-4-8-15)21(29)25-12-11-24-20(28)16-9-5-6-10-18(16)23/h2-10,13H,11-12H2,1H3,(H,24,28)(H,25,29). The number of aryl methyl sites for hydroxylation is 1. The topological polar surface area (TPSA) is 76.0 Å². The zero-order valence-electron chi connectivity index (χ0n) is 16.2. The van der Waals surface area contributed by atoms with E-state index in [1.165, 1.54) is 11.3 Å². The zero-order valence-corrected chi connectivity index (χ0v) is 17.8. The molecule has 8 heteroatoms. The first-order valence-electron chi connectivity index (χ1n) is 9.40. The van der Waals surface area contributed by atoms with Crippen LogP contribution in [0.15, 0.2) is 60.7 Å². The van der Waals surface area contributed by atoms with Crippen LogP contribution in [0.3, 0.4) is 0 Å². The van der Waals surface area contributed by atoms with E-state index in [1.807, 2.05) is 48.0 Å². The van der Waals surface area contributed by atoms with E-state index >= 15 is 0 Å². The fourth-order valence-electron chi connectivity index (χ4n) is 3.08. The van der Waals surface area contributed by atoms with Crippen molar-refractivity contribution in [3.05, 3.63) is 81.8 Å². The number of carbonyl (C=O) groups is 2. The van der Waals surface area contributed by atoms with Gasteiger partial charge in [-0.1, -0.05) is 41.9 Å². The van der Waals surface area contributed by atoms with Crippen LogP contribution in [0.25, 0.3) is 15.9 Å². The Morgan fingerprint density at radius 1 is 1.00 bits per heavy atom. The molecular formula is C22H19ClN4O2S. The Balaban J connectivity index is 1.39. The van der Waals surface area contributed by atoms with Crippen molar-refractivity contribution in [1.29, 1.82) is 0 Å². The predicted molar refractivity (Wildman–Crippen MR) is 120 cm³/mol. The lowest BCUT2D eigenvalue weighted by Gasteiger charge is -2.07. The van der Waals surface area contributed by atoms with Crippen LogP contribution in [0.5, 0.6) is 0 Å². The van der Waals surface area contributed by atoms with E-state index in [0.717, 1.165) is 21.6 Å². The number of hydrogen-bond acceptors (Lipinski definition) is 4. The Morgan fingerprint density at radius 2 is 1.67 bits per heavy atom. The first kappa shape index (κ1) is 20.1. The highest BCUT2D eigenvalue weighted by Crippen LogP contribution is 2.30. The molecule has 0 aliphatic carbocycles. The number of thiophene rings is 1. The maximum absolute atomic E-state index is 12.6. The van der Waals surface area contributed by atoms with Gasteiger partial charge < -0.3 is 10.6 Å². The van der Waals surface area contributed by atoms with E-state index < -0.39 is 0 Å². The van der Waals surface area contributed by atoms with Crippen LogP contribution in [0.4, 0.5) is 0 Å². The minimum atomic E-state index is -0.268. The Hall–Kier alpha value is -3.16. The summed E-state index contributed by atoms with van der Waals surface area (Å²) in [5, 5.41) is 11.5. The van der Waals surface area contributed by atoms with E-state index in [9.17, 15) is 9.59 Å². The van der Waals surface area contributed by atoms with Gasteiger partial charge in [0.1, 0.15) is 4.83 Å². The number of nitrogens with one attached hydrogen (secondary N) is 2. The quantitative estimate of drug-likeness (QED) is 0.443. The minimum Gasteiger partial charge on any atom is -0.350 e. The molecule has 0 fully saturated rings. The highest BCUT2D eigenvalue weighted by atomic mass is 35.5. The molecule has 0 radical (unpaired) electrons. The highest BCUT2D eigenvalue weighted by Gasteiger charge is 2.17. The number of para-hydroxylation sites is 1. The average Bonchev–Trinajstić information content (AvgIpc) is 3.32. The maximum atomic E-state index is 12.6. The number of benzene rings is 2. The number of nitrogens with zero attached hydrogens (tertiary/aromatic N) is 2. The van der Waals surface area contributed by atoms with E-state index in [0.29, 0.717) is 28.6 Å². The van der Waals surface area contributed by atoms with Gasteiger partial charge in [-0.2, -0.15) is 5.10 Å². The molecule has 2 aromatic heterocycles. The molecule has 0 aliphatic rings. The lowest BCUT2D eigenvalue weighted by atomic mass is 10.2. The van der Waals surface area contributed by atoms with Crippen molar-refractivity contribution in [2.24, 2.45) is 0 Å². The molecule has 0 atom stereocenters. The molecule has 0 saturated heterocycles. The predicted octanol–water partition coefficient (Wildman–Crippen LogP) is 4.21. The number of amides is 2. The maximum Gasteiger partial charge on any atom is 0.261 e. The van der Waals surface area contributed by atoms with Gasteiger partial charge in [0.2, 0.25) is 0 Å². The van der Waals surface area contributed by atoms with Gasteiger partial charge >= 0.3 is 0 Å². The summed E-state index contributed by atoms with van der Waals surface area (Å²) >= 11 is 7.42. The average molecular weight is 439 g/mol. The van der Waals surface area contributed by atoms with Crippen LogP contribution < -0.4 is 10.6 Å². The first-order chi connectivity index (χ1) is 14.5. The third kappa shape index (κ3) is 4.08. The van der Waals surface area contributed by atoms with Crippen LogP contribution in [0, 0.1) is 6.92 Å². The number of carbonyl (C=O) groups excluding carboxylic acids is 2. The fourth-order valence-corrected chi connectivity index (χ4v) is 4.40. The summed E-state index contributed by atoms with van der Waals surface area (Å²) in [7, 11) is 0. The Morgan fingerprint density at radius 3 is 2.40 bits per heavy atom. The fraction of sp³-hybridized carbons (Fsp3) is 0.136. The highest BCUT2D eigenvalue weighted by molar-refractivity contribution is 7.20. The Labute approximate surface area is 182 Å². The molecule has 2 amide bonds. The molecule has 0 saturated carbocycles. The molecule has 4 rings (SSSR count). The summed E-state index contributed by atoms with van der Waals surface area (Å²) < 4.78 is 1.86. The second kappa shape index (κ2) is 8.69. The largest absolute Gasteiger partial charge is 0.350 e. The molecule has 4 aromatic rings. The first-order valence-corrected chi connectivity index (χ1v) is 10.6. The number of fused-ring (bicyclic) bond motifs is 1. The number of hydrogen-bond donors (Lipinski definition) is 2. The molecule has 2 aromatic carbocycles. The third-order valence-electron chi connectivity index (χ3n) is 4.58. The van der Waals surface area contributed by atoms with Crippen molar-refractivity contribution < 1.29 is 9.59 Å². The Kier molecular flexibility index (Phi) is 5.83. The van der Waals surface area contributed by atoms with Gasteiger partial charge in [-0.15, -0.1) is 11.3 Å². The summed E-state index contributed by atoms with van der Waals surface area (Å²) in [6.45, 7) is 2.55. The lowest BCUT2D eigenvalue weighted by molar-refractivity contribution is 0.0929. The van der Waals surface area contributed by atoms with Gasteiger partial charge in [-0.25, -0.2) is 4.68 Å².